The fourth-order valence-electron chi connectivity index (χ4n) is 5.26. The molecule has 2 aliphatic rings. The van der Waals surface area contributed by atoms with Crippen molar-refractivity contribution >= 4 is 46.9 Å². The number of thiol groups is 1. The lowest BCUT2D eigenvalue weighted by molar-refractivity contribution is 0.861. The number of fused-ring (bicyclic) bond motifs is 10. The van der Waals surface area contributed by atoms with Crippen LogP contribution in [0.3, 0.4) is 0 Å². The Morgan fingerprint density at radius 1 is 1.16 bits per heavy atom. The van der Waals surface area contributed by atoms with Crippen molar-refractivity contribution in [3.63, 3.8) is 0 Å². The van der Waals surface area contributed by atoms with Gasteiger partial charge in [-0.05, 0) is 47.9 Å². The largest absolute Gasteiger partial charge is 0.291 e. The Morgan fingerprint density at radius 3 is 2.87 bits per heavy atom. The third-order valence-corrected chi connectivity index (χ3v) is 6.79. The van der Waals surface area contributed by atoms with E-state index in [1.54, 1.807) is 0 Å². The average molecular weight is 419 g/mol. The SMILES string of the molecule is C=C/C=c1\c(=C/C)c2cc(S)ccc2n2c3c(nc12)C1=CC=CCC1c1ccccc1-3. The van der Waals surface area contributed by atoms with E-state index in [2.05, 4.69) is 103 Å². The van der Waals surface area contributed by atoms with Gasteiger partial charge in [0.25, 0.3) is 0 Å². The van der Waals surface area contributed by atoms with Crippen molar-refractivity contribution in [1.82, 2.24) is 9.38 Å². The van der Waals surface area contributed by atoms with Crippen LogP contribution >= 0.6 is 12.6 Å². The smallest absolute Gasteiger partial charge is 0.146 e. The first kappa shape index (κ1) is 18.5. The van der Waals surface area contributed by atoms with Gasteiger partial charge in [0.15, 0.2) is 0 Å². The molecule has 0 bridgehead atoms. The Bertz CT molecular complexity index is 1600. The number of nitrogens with zero attached hydrogens (tertiary/aromatic N) is 2. The second-order valence-electron chi connectivity index (χ2n) is 8.11. The van der Waals surface area contributed by atoms with Gasteiger partial charge in [-0.2, -0.15) is 0 Å². The van der Waals surface area contributed by atoms with Gasteiger partial charge >= 0.3 is 0 Å². The van der Waals surface area contributed by atoms with E-state index < -0.39 is 0 Å². The Hall–Kier alpha value is -3.30. The molecule has 2 aromatic carbocycles. The van der Waals surface area contributed by atoms with E-state index in [1.807, 2.05) is 6.08 Å². The number of hydrogen-bond acceptors (Lipinski definition) is 2. The summed E-state index contributed by atoms with van der Waals surface area (Å²) in [5, 5.41) is 3.44. The molecule has 31 heavy (non-hydrogen) atoms. The third kappa shape index (κ3) is 2.50. The van der Waals surface area contributed by atoms with Crippen LogP contribution in [-0.2, 0) is 0 Å². The van der Waals surface area contributed by atoms with E-state index in [9.17, 15) is 0 Å². The number of benzene rings is 2. The van der Waals surface area contributed by atoms with E-state index in [0.717, 1.165) is 33.4 Å². The highest BCUT2D eigenvalue weighted by molar-refractivity contribution is 7.80. The van der Waals surface area contributed by atoms with Crippen molar-refractivity contribution in [3.8, 4) is 11.3 Å². The highest BCUT2D eigenvalue weighted by Crippen LogP contribution is 2.49. The molecule has 0 fully saturated rings. The molecule has 4 aromatic rings. The summed E-state index contributed by atoms with van der Waals surface area (Å²) in [6.45, 7) is 6.06. The molecule has 0 N–H and O–H groups in total. The number of rotatable bonds is 1. The Balaban J connectivity index is 1.93. The lowest BCUT2D eigenvalue weighted by atomic mass is 9.76. The summed E-state index contributed by atoms with van der Waals surface area (Å²) in [5.41, 5.74) is 8.37. The van der Waals surface area contributed by atoms with Crippen LogP contribution in [0.5, 0.6) is 0 Å². The van der Waals surface area contributed by atoms with Gasteiger partial charge in [-0.25, -0.2) is 4.98 Å². The normalized spacial score (nSPS) is 18.1. The van der Waals surface area contributed by atoms with E-state index in [-0.39, 0.29) is 0 Å². The fourth-order valence-corrected chi connectivity index (χ4v) is 5.47. The molecule has 0 amide bonds. The first-order chi connectivity index (χ1) is 15.2. The van der Waals surface area contributed by atoms with Crippen LogP contribution in [0.25, 0.3) is 45.5 Å². The van der Waals surface area contributed by atoms with Crippen LogP contribution in [0.4, 0.5) is 0 Å². The van der Waals surface area contributed by atoms with Crippen LogP contribution in [0.1, 0.15) is 30.5 Å². The molecule has 3 heteroatoms. The molecule has 1 atom stereocenters. The first-order valence-electron chi connectivity index (χ1n) is 10.7. The van der Waals surface area contributed by atoms with Gasteiger partial charge in [-0.1, -0.05) is 67.3 Å². The van der Waals surface area contributed by atoms with Crippen molar-refractivity contribution in [2.75, 3.05) is 0 Å². The number of aromatic nitrogens is 2. The second kappa shape index (κ2) is 6.86. The van der Waals surface area contributed by atoms with Crippen molar-refractivity contribution in [2.24, 2.45) is 0 Å². The van der Waals surface area contributed by atoms with Gasteiger partial charge in [0.05, 0.1) is 16.9 Å². The minimum Gasteiger partial charge on any atom is -0.291 e. The van der Waals surface area contributed by atoms with Crippen molar-refractivity contribution in [2.45, 2.75) is 24.2 Å². The molecular formula is C28H22N2S. The summed E-state index contributed by atoms with van der Waals surface area (Å²) < 4.78 is 2.34. The molecule has 6 rings (SSSR count). The van der Waals surface area contributed by atoms with Crippen molar-refractivity contribution < 1.29 is 0 Å². The van der Waals surface area contributed by atoms with Gasteiger partial charge in [0, 0.05) is 27.0 Å². The van der Waals surface area contributed by atoms with E-state index in [1.165, 1.54) is 33.0 Å². The molecule has 2 nitrogen and oxygen atoms in total. The molecule has 2 heterocycles. The maximum Gasteiger partial charge on any atom is 0.146 e. The Morgan fingerprint density at radius 2 is 2.03 bits per heavy atom. The standard InChI is InChI=1S/C28H22N2S/c1-3-9-23-18(4-2)24-16-17(31)14-15-25(24)30-27-22-13-8-6-11-20(22)19-10-5-7-12-21(19)26(27)29-28(23)30/h3-9,11-16,19,31H,1,10H2,2H3/b18-4+,23-9+. The minimum atomic E-state index is 0.359. The summed E-state index contributed by atoms with van der Waals surface area (Å²) in [6, 6.07) is 15.2. The topological polar surface area (TPSA) is 17.3 Å². The van der Waals surface area contributed by atoms with E-state index in [4.69, 9.17) is 4.98 Å². The fraction of sp³-hybridized carbons (Fsp3) is 0.107. The van der Waals surface area contributed by atoms with Gasteiger partial charge in [-0.3, -0.25) is 4.40 Å². The van der Waals surface area contributed by atoms with Crippen LogP contribution in [0, 0.1) is 0 Å². The molecule has 0 saturated carbocycles. The third-order valence-electron chi connectivity index (χ3n) is 6.52. The average Bonchev–Trinajstić information content (AvgIpc) is 3.21. The number of imidazole rings is 1. The summed E-state index contributed by atoms with van der Waals surface area (Å²) in [5.74, 6) is 0.359. The highest BCUT2D eigenvalue weighted by Gasteiger charge is 2.33. The first-order valence-corrected chi connectivity index (χ1v) is 11.1. The molecule has 0 radical (unpaired) electrons. The zero-order valence-corrected chi connectivity index (χ0v) is 18.2. The minimum absolute atomic E-state index is 0.359. The number of pyridine rings is 1. The lowest BCUT2D eigenvalue weighted by Gasteiger charge is -2.29. The molecule has 0 saturated heterocycles. The van der Waals surface area contributed by atoms with Gasteiger partial charge in [-0.15, -0.1) is 12.6 Å². The number of hydrogen-bond donors (Lipinski definition) is 1. The van der Waals surface area contributed by atoms with Crippen molar-refractivity contribution in [1.29, 1.82) is 0 Å². The van der Waals surface area contributed by atoms with Gasteiger partial charge in [0.2, 0.25) is 0 Å². The summed E-state index contributed by atoms with van der Waals surface area (Å²) in [7, 11) is 0. The lowest BCUT2D eigenvalue weighted by Crippen LogP contribution is -2.28. The van der Waals surface area contributed by atoms with Crippen molar-refractivity contribution in [3.05, 3.63) is 95.0 Å². The van der Waals surface area contributed by atoms with Crippen LogP contribution in [0.15, 0.2) is 78.2 Å². The predicted octanol–water partition coefficient (Wildman–Crippen LogP) is 5.65. The van der Waals surface area contributed by atoms with E-state index >= 15 is 0 Å². The summed E-state index contributed by atoms with van der Waals surface area (Å²) in [4.78, 5) is 6.23. The molecule has 150 valence electrons. The number of allylic oxidation sites excluding steroid dienone is 5. The molecule has 2 aromatic heterocycles. The summed E-state index contributed by atoms with van der Waals surface area (Å²) >= 11 is 4.63. The zero-order valence-electron chi connectivity index (χ0n) is 17.3. The Labute approximate surface area is 186 Å². The molecule has 1 unspecified atom stereocenters. The van der Waals surface area contributed by atoms with Gasteiger partial charge in [0.1, 0.15) is 5.65 Å². The van der Waals surface area contributed by atoms with Gasteiger partial charge < -0.3 is 0 Å². The zero-order chi connectivity index (χ0) is 21.1. The van der Waals surface area contributed by atoms with Crippen LogP contribution in [0.2, 0.25) is 0 Å². The molecular weight excluding hydrogens is 396 g/mol. The maximum atomic E-state index is 5.28. The quantitative estimate of drug-likeness (QED) is 0.395. The monoisotopic (exact) mass is 418 g/mol. The molecule has 0 aliphatic heterocycles. The summed E-state index contributed by atoms with van der Waals surface area (Å²) in [6.07, 6.45) is 13.8. The molecule has 2 aliphatic carbocycles. The predicted molar refractivity (Wildman–Crippen MR) is 134 cm³/mol. The van der Waals surface area contributed by atoms with Crippen LogP contribution < -0.4 is 10.4 Å². The maximum absolute atomic E-state index is 5.28. The second-order valence-corrected chi connectivity index (χ2v) is 8.63. The molecule has 0 spiro atoms. The highest BCUT2D eigenvalue weighted by atomic mass is 32.1. The van der Waals surface area contributed by atoms with E-state index in [0.29, 0.717) is 5.92 Å². The Kier molecular flexibility index (Phi) is 4.09. The van der Waals surface area contributed by atoms with Crippen LogP contribution in [-0.4, -0.2) is 9.38 Å².